The van der Waals surface area contributed by atoms with Crippen LogP contribution < -0.4 is 16.0 Å². The minimum atomic E-state index is -0.239. The van der Waals surface area contributed by atoms with Gasteiger partial charge in [0.2, 0.25) is 11.9 Å². The van der Waals surface area contributed by atoms with Gasteiger partial charge in [0.25, 0.3) is 0 Å². The van der Waals surface area contributed by atoms with Gasteiger partial charge in [-0.05, 0) is 69.1 Å². The van der Waals surface area contributed by atoms with Crippen molar-refractivity contribution in [2.45, 2.75) is 52.0 Å². The molecule has 0 amide bonds. The number of aromatic nitrogens is 2. The molecule has 3 N–H and O–H groups in total. The van der Waals surface area contributed by atoms with Crippen molar-refractivity contribution in [3.8, 4) is 0 Å². The molecule has 0 unspecified atom stereocenters. The van der Waals surface area contributed by atoms with Gasteiger partial charge in [-0.15, -0.1) is 0 Å². The molecule has 8 heteroatoms. The molecule has 1 aliphatic carbocycles. The number of guanidine groups is 1. The number of benzene rings is 1. The van der Waals surface area contributed by atoms with Crippen LogP contribution in [-0.4, -0.2) is 33.6 Å². The zero-order valence-corrected chi connectivity index (χ0v) is 17.7. The van der Waals surface area contributed by atoms with E-state index < -0.39 is 0 Å². The van der Waals surface area contributed by atoms with Crippen LogP contribution in [0.4, 0.5) is 10.3 Å². The van der Waals surface area contributed by atoms with Crippen LogP contribution in [-0.2, 0) is 6.42 Å². The van der Waals surface area contributed by atoms with Crippen LogP contribution in [0.5, 0.6) is 0 Å². The molecule has 3 rings (SSSR count). The Morgan fingerprint density at radius 3 is 2.45 bits per heavy atom. The Kier molecular flexibility index (Phi) is 7.46. The molecular formula is C21H27FN6S. The molecule has 2 aromatic rings. The van der Waals surface area contributed by atoms with Crippen LogP contribution in [0.3, 0.4) is 0 Å². The summed E-state index contributed by atoms with van der Waals surface area (Å²) < 4.78 is 13.1. The highest BCUT2D eigenvalue weighted by Crippen LogP contribution is 2.17. The summed E-state index contributed by atoms with van der Waals surface area (Å²) in [7, 11) is 0. The van der Waals surface area contributed by atoms with Crippen molar-refractivity contribution in [1.82, 2.24) is 20.6 Å². The van der Waals surface area contributed by atoms with Crippen molar-refractivity contribution in [1.29, 1.82) is 0 Å². The fraction of sp³-hybridized carbons (Fsp3) is 0.429. The standard InChI is InChI=1S/C21H27FN6S/c1-14-13-15(2)25-20(24-14)27-19(28-21(29)26-18-5-3-4-6-18)23-12-11-16-7-9-17(22)10-8-16/h7-10,13,18H,3-6,11-12H2,1-2H3,(H3,23,24,25,26,27,28,29). The number of hydrogen-bond acceptors (Lipinski definition) is 4. The Bertz CT molecular complexity index is 842. The number of hydrogen-bond donors (Lipinski definition) is 3. The number of nitrogens with zero attached hydrogens (tertiary/aromatic N) is 3. The van der Waals surface area contributed by atoms with Crippen molar-refractivity contribution in [2.24, 2.45) is 4.99 Å². The largest absolute Gasteiger partial charge is 0.360 e. The van der Waals surface area contributed by atoms with Crippen LogP contribution in [0.15, 0.2) is 35.3 Å². The Morgan fingerprint density at radius 2 is 1.79 bits per heavy atom. The van der Waals surface area contributed by atoms with E-state index in [4.69, 9.17) is 12.2 Å². The number of rotatable bonds is 5. The summed E-state index contributed by atoms with van der Waals surface area (Å²) in [5.74, 6) is 0.725. The highest BCUT2D eigenvalue weighted by atomic mass is 32.1. The number of thiocarbonyl (C=S) groups is 1. The van der Waals surface area contributed by atoms with E-state index in [-0.39, 0.29) is 5.82 Å². The molecule has 1 aromatic carbocycles. The minimum absolute atomic E-state index is 0.239. The normalized spacial score (nSPS) is 14.7. The van der Waals surface area contributed by atoms with E-state index in [1.165, 1.54) is 25.0 Å². The van der Waals surface area contributed by atoms with Gasteiger partial charge in [0.1, 0.15) is 5.82 Å². The first-order chi connectivity index (χ1) is 14.0. The summed E-state index contributed by atoms with van der Waals surface area (Å²) in [4.78, 5) is 13.4. The first kappa shape index (κ1) is 21.1. The molecular weight excluding hydrogens is 387 g/mol. The molecule has 29 heavy (non-hydrogen) atoms. The molecule has 1 aliphatic rings. The van der Waals surface area contributed by atoms with Crippen molar-refractivity contribution >= 4 is 29.2 Å². The zero-order valence-electron chi connectivity index (χ0n) is 16.8. The number of halogens is 1. The third-order valence-electron chi connectivity index (χ3n) is 4.72. The van der Waals surface area contributed by atoms with Crippen LogP contribution in [0.2, 0.25) is 0 Å². The van der Waals surface area contributed by atoms with Gasteiger partial charge < -0.3 is 10.6 Å². The van der Waals surface area contributed by atoms with Crippen LogP contribution in [0.25, 0.3) is 0 Å². The smallest absolute Gasteiger partial charge is 0.229 e. The summed E-state index contributed by atoms with van der Waals surface area (Å²) in [6, 6.07) is 8.78. The number of anilines is 1. The zero-order chi connectivity index (χ0) is 20.6. The number of aliphatic imine (C=N–C) groups is 1. The SMILES string of the molecule is Cc1cc(C)nc(NC(=NCCc2ccc(F)cc2)NC(=S)NC2CCCC2)n1. The topological polar surface area (TPSA) is 74.2 Å². The molecule has 0 radical (unpaired) electrons. The van der Waals surface area contributed by atoms with Crippen molar-refractivity contribution in [3.05, 3.63) is 53.1 Å². The second-order valence-electron chi connectivity index (χ2n) is 7.29. The molecule has 0 aliphatic heterocycles. The van der Waals surface area contributed by atoms with E-state index in [2.05, 4.69) is 30.9 Å². The van der Waals surface area contributed by atoms with Gasteiger partial charge in [-0.3, -0.25) is 10.3 Å². The average molecular weight is 415 g/mol. The van der Waals surface area contributed by atoms with Crippen molar-refractivity contribution in [3.63, 3.8) is 0 Å². The lowest BCUT2D eigenvalue weighted by Crippen LogP contribution is -2.46. The third kappa shape index (κ3) is 7.05. The maximum Gasteiger partial charge on any atom is 0.229 e. The Balaban J connectivity index is 1.66. The summed E-state index contributed by atoms with van der Waals surface area (Å²) >= 11 is 5.47. The maximum absolute atomic E-state index is 13.1. The highest BCUT2D eigenvalue weighted by molar-refractivity contribution is 7.80. The van der Waals surface area contributed by atoms with Crippen LogP contribution in [0.1, 0.15) is 42.6 Å². The lowest BCUT2D eigenvalue weighted by molar-refractivity contribution is 0.627. The average Bonchev–Trinajstić information content (AvgIpc) is 3.15. The predicted octanol–water partition coefficient (Wildman–Crippen LogP) is 3.65. The third-order valence-corrected chi connectivity index (χ3v) is 4.94. The van der Waals surface area contributed by atoms with Crippen LogP contribution in [0, 0.1) is 19.7 Å². The second kappa shape index (κ2) is 10.2. The van der Waals surface area contributed by atoms with Gasteiger partial charge in [0, 0.05) is 24.0 Å². The quantitative estimate of drug-likeness (QED) is 0.394. The van der Waals surface area contributed by atoms with E-state index in [9.17, 15) is 4.39 Å². The van der Waals surface area contributed by atoms with E-state index in [1.807, 2.05) is 19.9 Å². The molecule has 0 bridgehead atoms. The first-order valence-electron chi connectivity index (χ1n) is 9.93. The van der Waals surface area contributed by atoms with Gasteiger partial charge in [-0.25, -0.2) is 14.4 Å². The minimum Gasteiger partial charge on any atom is -0.360 e. The Labute approximate surface area is 176 Å². The van der Waals surface area contributed by atoms with Crippen LogP contribution >= 0.6 is 12.2 Å². The van der Waals surface area contributed by atoms with E-state index in [0.717, 1.165) is 29.8 Å². The maximum atomic E-state index is 13.1. The fourth-order valence-corrected chi connectivity index (χ4v) is 3.61. The van der Waals surface area contributed by atoms with E-state index >= 15 is 0 Å². The van der Waals surface area contributed by atoms with Crippen molar-refractivity contribution < 1.29 is 4.39 Å². The van der Waals surface area contributed by atoms with Gasteiger partial charge >= 0.3 is 0 Å². The molecule has 0 spiro atoms. The predicted molar refractivity (Wildman–Crippen MR) is 119 cm³/mol. The summed E-state index contributed by atoms with van der Waals surface area (Å²) in [6.45, 7) is 4.35. The first-order valence-corrected chi connectivity index (χ1v) is 10.3. The molecule has 154 valence electrons. The van der Waals surface area contributed by atoms with Gasteiger partial charge in [-0.1, -0.05) is 25.0 Å². The lowest BCUT2D eigenvalue weighted by Gasteiger charge is -2.17. The fourth-order valence-electron chi connectivity index (χ4n) is 3.35. The molecule has 1 aromatic heterocycles. The second-order valence-corrected chi connectivity index (χ2v) is 7.69. The number of aryl methyl sites for hydroxylation is 2. The monoisotopic (exact) mass is 414 g/mol. The van der Waals surface area contributed by atoms with E-state index in [1.54, 1.807) is 12.1 Å². The van der Waals surface area contributed by atoms with Crippen molar-refractivity contribution in [2.75, 3.05) is 11.9 Å². The molecule has 1 fully saturated rings. The summed E-state index contributed by atoms with van der Waals surface area (Å²) in [6.07, 6.45) is 5.41. The molecule has 6 nitrogen and oxygen atoms in total. The highest BCUT2D eigenvalue weighted by Gasteiger charge is 2.16. The Hall–Kier alpha value is -2.61. The molecule has 1 heterocycles. The van der Waals surface area contributed by atoms with E-state index in [0.29, 0.717) is 36.0 Å². The molecule has 0 saturated heterocycles. The van der Waals surface area contributed by atoms with Gasteiger partial charge in [0.15, 0.2) is 5.11 Å². The molecule has 0 atom stereocenters. The Morgan fingerprint density at radius 1 is 1.14 bits per heavy atom. The summed E-state index contributed by atoms with van der Waals surface area (Å²) in [5.41, 5.74) is 2.76. The molecule has 1 saturated carbocycles. The van der Waals surface area contributed by atoms with Gasteiger partial charge in [-0.2, -0.15) is 0 Å². The number of nitrogens with one attached hydrogen (secondary N) is 3. The lowest BCUT2D eigenvalue weighted by atomic mass is 10.1. The van der Waals surface area contributed by atoms with Gasteiger partial charge in [0.05, 0.1) is 0 Å². The summed E-state index contributed by atoms with van der Waals surface area (Å²) in [5, 5.41) is 10.2.